The maximum absolute atomic E-state index is 14.0. The van der Waals surface area contributed by atoms with Crippen LogP contribution in [0.25, 0.3) is 11.4 Å². The molecule has 2 aromatic rings. The Morgan fingerprint density at radius 2 is 1.48 bits per heavy atom. The van der Waals surface area contributed by atoms with Crippen LogP contribution in [0, 0.1) is 0 Å². The quantitative estimate of drug-likeness (QED) is 0.484. The van der Waals surface area contributed by atoms with Crippen molar-refractivity contribution >= 4 is 24.1 Å². The van der Waals surface area contributed by atoms with Gasteiger partial charge in [-0.05, 0) is 6.07 Å². The lowest BCUT2D eigenvalue weighted by Crippen LogP contribution is -2.40. The number of halogens is 3. The number of hydrogen-bond acceptors (Lipinski definition) is 9. The van der Waals surface area contributed by atoms with Gasteiger partial charge in [-0.3, -0.25) is 0 Å². The predicted octanol–water partition coefficient (Wildman–Crippen LogP) is 1.85. The molecular formula is C20H25F3N8O2. The van der Waals surface area contributed by atoms with E-state index in [4.69, 9.17) is 9.47 Å². The molecule has 0 radical (unpaired) electrons. The first-order chi connectivity index (χ1) is 15.8. The van der Waals surface area contributed by atoms with E-state index >= 15 is 0 Å². The SMILES string of the molecule is CN(C)C=Nc1cc(C(F)(F)F)c(-c2nc(N3CCOCC3)nc(N3CCOCC3)n2)cn1. The molecule has 0 aliphatic carbocycles. The van der Waals surface area contributed by atoms with E-state index in [0.717, 1.165) is 12.3 Å². The molecule has 2 fully saturated rings. The molecule has 2 aliphatic heterocycles. The molecule has 178 valence electrons. The Morgan fingerprint density at radius 3 is 1.97 bits per heavy atom. The maximum Gasteiger partial charge on any atom is 0.417 e. The Bertz CT molecular complexity index is 954. The zero-order valence-electron chi connectivity index (χ0n) is 18.4. The number of pyridine rings is 1. The number of aliphatic imine (C=N–C) groups is 1. The van der Waals surface area contributed by atoms with E-state index < -0.39 is 11.7 Å². The molecule has 10 nitrogen and oxygen atoms in total. The van der Waals surface area contributed by atoms with Gasteiger partial charge in [0.05, 0.1) is 43.9 Å². The molecule has 0 spiro atoms. The van der Waals surface area contributed by atoms with Gasteiger partial charge in [-0.25, -0.2) is 9.98 Å². The highest BCUT2D eigenvalue weighted by atomic mass is 19.4. The van der Waals surface area contributed by atoms with E-state index in [1.807, 2.05) is 9.80 Å². The average Bonchev–Trinajstić information content (AvgIpc) is 2.83. The van der Waals surface area contributed by atoms with Crippen molar-refractivity contribution in [2.75, 3.05) is 76.5 Å². The summed E-state index contributed by atoms with van der Waals surface area (Å²) in [4.78, 5) is 26.8. The van der Waals surface area contributed by atoms with E-state index in [2.05, 4.69) is 24.9 Å². The van der Waals surface area contributed by atoms with E-state index in [1.165, 1.54) is 6.34 Å². The topological polar surface area (TPSA) is 92.1 Å². The normalized spacial score (nSPS) is 17.6. The Labute approximate surface area is 189 Å². The molecule has 2 saturated heterocycles. The van der Waals surface area contributed by atoms with Crippen molar-refractivity contribution in [3.8, 4) is 11.4 Å². The number of ether oxygens (including phenoxy) is 2. The van der Waals surface area contributed by atoms with Crippen LogP contribution in [-0.4, -0.2) is 97.9 Å². The predicted molar refractivity (Wildman–Crippen MR) is 116 cm³/mol. The third-order valence-corrected chi connectivity index (χ3v) is 5.06. The summed E-state index contributed by atoms with van der Waals surface area (Å²) in [6.45, 7) is 4.10. The average molecular weight is 466 g/mol. The zero-order valence-corrected chi connectivity index (χ0v) is 18.4. The summed E-state index contributed by atoms with van der Waals surface area (Å²) in [6, 6.07) is 0.905. The van der Waals surface area contributed by atoms with Crippen LogP contribution >= 0.6 is 0 Å². The van der Waals surface area contributed by atoms with Gasteiger partial charge in [0.25, 0.3) is 0 Å². The van der Waals surface area contributed by atoms with Gasteiger partial charge in [0, 0.05) is 46.5 Å². The highest BCUT2D eigenvalue weighted by Crippen LogP contribution is 2.38. The first-order valence-corrected chi connectivity index (χ1v) is 10.5. The molecule has 2 aromatic heterocycles. The molecule has 0 aromatic carbocycles. The van der Waals surface area contributed by atoms with Gasteiger partial charge in [0.2, 0.25) is 11.9 Å². The molecule has 0 N–H and O–H groups in total. The first-order valence-electron chi connectivity index (χ1n) is 10.5. The van der Waals surface area contributed by atoms with Crippen molar-refractivity contribution in [1.82, 2.24) is 24.8 Å². The fraction of sp³-hybridized carbons (Fsp3) is 0.550. The first kappa shape index (κ1) is 23.1. The maximum atomic E-state index is 14.0. The minimum absolute atomic E-state index is 0.0596. The fourth-order valence-corrected chi connectivity index (χ4v) is 3.39. The van der Waals surface area contributed by atoms with Crippen LogP contribution in [0.15, 0.2) is 17.3 Å². The number of rotatable bonds is 5. The summed E-state index contributed by atoms with van der Waals surface area (Å²) in [7, 11) is 3.43. The molecule has 33 heavy (non-hydrogen) atoms. The van der Waals surface area contributed by atoms with E-state index in [9.17, 15) is 13.2 Å². The minimum Gasteiger partial charge on any atom is -0.378 e. The standard InChI is InChI=1S/C20H25F3N8O2/c1-29(2)13-25-16-11-15(20(21,22)23)14(12-24-16)17-26-18(30-3-7-32-8-4-30)28-19(27-17)31-5-9-33-10-6-31/h11-13H,3-10H2,1-2H3. The molecule has 4 heterocycles. The Kier molecular flexibility index (Phi) is 6.88. The summed E-state index contributed by atoms with van der Waals surface area (Å²) in [5.74, 6) is 0.479. The minimum atomic E-state index is -4.65. The molecule has 4 rings (SSSR count). The molecular weight excluding hydrogens is 441 g/mol. The van der Waals surface area contributed by atoms with Crippen LogP contribution in [-0.2, 0) is 15.7 Å². The van der Waals surface area contributed by atoms with Crippen molar-refractivity contribution in [1.29, 1.82) is 0 Å². The van der Waals surface area contributed by atoms with Crippen LogP contribution in [0.4, 0.5) is 30.9 Å². The van der Waals surface area contributed by atoms with Crippen LogP contribution in [0.1, 0.15) is 5.56 Å². The second-order valence-corrected chi connectivity index (χ2v) is 7.75. The van der Waals surface area contributed by atoms with Gasteiger partial charge < -0.3 is 24.2 Å². The number of anilines is 2. The number of morpholine rings is 2. The Hall–Kier alpha value is -3.06. The lowest BCUT2D eigenvalue weighted by Gasteiger charge is -2.30. The largest absolute Gasteiger partial charge is 0.417 e. The van der Waals surface area contributed by atoms with E-state index in [-0.39, 0.29) is 17.2 Å². The molecule has 0 saturated carbocycles. The van der Waals surface area contributed by atoms with Gasteiger partial charge in [0.15, 0.2) is 11.6 Å². The Morgan fingerprint density at radius 1 is 0.939 bits per heavy atom. The van der Waals surface area contributed by atoms with Crippen LogP contribution in [0.3, 0.4) is 0 Å². The number of alkyl halides is 3. The third kappa shape index (κ3) is 5.66. The number of aromatic nitrogens is 4. The van der Waals surface area contributed by atoms with Crippen LogP contribution < -0.4 is 9.80 Å². The highest BCUT2D eigenvalue weighted by Gasteiger charge is 2.36. The lowest BCUT2D eigenvalue weighted by atomic mass is 10.1. The van der Waals surface area contributed by atoms with Gasteiger partial charge >= 0.3 is 6.18 Å². The van der Waals surface area contributed by atoms with Crippen molar-refractivity contribution in [3.63, 3.8) is 0 Å². The van der Waals surface area contributed by atoms with Gasteiger partial charge in [-0.2, -0.15) is 28.1 Å². The highest BCUT2D eigenvalue weighted by molar-refractivity contribution is 5.66. The van der Waals surface area contributed by atoms with Crippen molar-refractivity contribution in [2.45, 2.75) is 6.18 Å². The third-order valence-electron chi connectivity index (χ3n) is 5.06. The van der Waals surface area contributed by atoms with E-state index in [0.29, 0.717) is 64.5 Å². The molecule has 0 unspecified atom stereocenters. The smallest absolute Gasteiger partial charge is 0.378 e. The molecule has 2 aliphatic rings. The lowest BCUT2D eigenvalue weighted by molar-refractivity contribution is -0.137. The van der Waals surface area contributed by atoms with Crippen LogP contribution in [0.2, 0.25) is 0 Å². The summed E-state index contributed by atoms with van der Waals surface area (Å²) in [5, 5.41) is 0. The monoisotopic (exact) mass is 466 g/mol. The van der Waals surface area contributed by atoms with E-state index in [1.54, 1.807) is 19.0 Å². The summed E-state index contributed by atoms with van der Waals surface area (Å²) >= 11 is 0. The second kappa shape index (κ2) is 9.83. The van der Waals surface area contributed by atoms with Crippen molar-refractivity contribution in [3.05, 3.63) is 17.8 Å². The summed E-state index contributed by atoms with van der Waals surface area (Å²) in [6.07, 6.45) is -2.14. The Balaban J connectivity index is 1.80. The zero-order chi connectivity index (χ0) is 23.4. The second-order valence-electron chi connectivity index (χ2n) is 7.75. The summed E-state index contributed by atoms with van der Waals surface area (Å²) < 4.78 is 52.8. The number of hydrogen-bond donors (Lipinski definition) is 0. The van der Waals surface area contributed by atoms with Gasteiger partial charge in [-0.15, -0.1) is 0 Å². The van der Waals surface area contributed by atoms with Gasteiger partial charge in [0.1, 0.15) is 0 Å². The molecule has 0 atom stereocenters. The molecule has 13 heteroatoms. The van der Waals surface area contributed by atoms with Gasteiger partial charge in [-0.1, -0.05) is 0 Å². The van der Waals surface area contributed by atoms with Crippen molar-refractivity contribution < 1.29 is 22.6 Å². The van der Waals surface area contributed by atoms with Crippen molar-refractivity contribution in [2.24, 2.45) is 4.99 Å². The molecule has 0 amide bonds. The fourth-order valence-electron chi connectivity index (χ4n) is 3.39. The molecule has 0 bridgehead atoms. The van der Waals surface area contributed by atoms with Crippen LogP contribution in [0.5, 0.6) is 0 Å². The number of nitrogens with zero attached hydrogens (tertiary/aromatic N) is 8. The summed E-state index contributed by atoms with van der Waals surface area (Å²) in [5.41, 5.74) is -1.13.